The van der Waals surface area contributed by atoms with E-state index in [4.69, 9.17) is 0 Å². The first-order valence-corrected chi connectivity index (χ1v) is 6.90. The minimum Gasteiger partial charge on any atom is -0.369 e. The van der Waals surface area contributed by atoms with Gasteiger partial charge in [-0.2, -0.15) is 0 Å². The number of anilines is 1. The largest absolute Gasteiger partial charge is 0.369 e. The van der Waals surface area contributed by atoms with Crippen molar-refractivity contribution in [1.29, 1.82) is 0 Å². The number of H-pyrrole nitrogens is 1. The SMILES string of the molecule is CCCC1(CNc2cc(=O)[nH]c(C(C)C)n2)CC1. The van der Waals surface area contributed by atoms with Crippen molar-refractivity contribution in [3.63, 3.8) is 0 Å². The lowest BCUT2D eigenvalue weighted by Crippen LogP contribution is -2.19. The Morgan fingerprint density at radius 3 is 2.78 bits per heavy atom. The monoisotopic (exact) mass is 249 g/mol. The summed E-state index contributed by atoms with van der Waals surface area (Å²) >= 11 is 0. The molecule has 1 heterocycles. The van der Waals surface area contributed by atoms with E-state index in [1.54, 1.807) is 6.07 Å². The van der Waals surface area contributed by atoms with E-state index < -0.39 is 0 Å². The smallest absolute Gasteiger partial charge is 0.252 e. The Balaban J connectivity index is 2.03. The van der Waals surface area contributed by atoms with Gasteiger partial charge in [-0.25, -0.2) is 4.98 Å². The second-order valence-electron chi connectivity index (χ2n) is 5.77. The van der Waals surface area contributed by atoms with E-state index in [-0.39, 0.29) is 11.5 Å². The molecule has 4 heteroatoms. The molecule has 1 aromatic heterocycles. The van der Waals surface area contributed by atoms with E-state index in [0.29, 0.717) is 11.2 Å². The first-order chi connectivity index (χ1) is 8.54. The molecule has 2 rings (SSSR count). The van der Waals surface area contributed by atoms with Crippen LogP contribution in [-0.2, 0) is 0 Å². The molecule has 0 spiro atoms. The van der Waals surface area contributed by atoms with Crippen LogP contribution in [0.15, 0.2) is 10.9 Å². The molecule has 0 radical (unpaired) electrons. The van der Waals surface area contributed by atoms with Crippen LogP contribution in [-0.4, -0.2) is 16.5 Å². The zero-order valence-electron chi connectivity index (χ0n) is 11.5. The quantitative estimate of drug-likeness (QED) is 0.815. The first-order valence-electron chi connectivity index (χ1n) is 6.90. The average Bonchev–Trinajstić information content (AvgIpc) is 3.07. The van der Waals surface area contributed by atoms with Gasteiger partial charge in [0.05, 0.1) is 0 Å². The maximum Gasteiger partial charge on any atom is 0.252 e. The summed E-state index contributed by atoms with van der Waals surface area (Å²) in [5.74, 6) is 1.71. The molecular weight excluding hydrogens is 226 g/mol. The Bertz CT molecular complexity index is 460. The molecule has 1 saturated carbocycles. The van der Waals surface area contributed by atoms with E-state index in [0.717, 1.165) is 12.4 Å². The van der Waals surface area contributed by atoms with Crippen LogP contribution >= 0.6 is 0 Å². The van der Waals surface area contributed by atoms with Crippen LogP contribution in [0.5, 0.6) is 0 Å². The van der Waals surface area contributed by atoms with Crippen LogP contribution in [0.1, 0.15) is 58.2 Å². The topological polar surface area (TPSA) is 57.8 Å². The molecule has 0 unspecified atom stereocenters. The first kappa shape index (κ1) is 13.1. The fraction of sp³-hybridized carbons (Fsp3) is 0.714. The van der Waals surface area contributed by atoms with E-state index >= 15 is 0 Å². The average molecular weight is 249 g/mol. The maximum atomic E-state index is 11.5. The minimum atomic E-state index is -0.0726. The van der Waals surface area contributed by atoms with Gasteiger partial charge in [-0.3, -0.25) is 4.79 Å². The van der Waals surface area contributed by atoms with Gasteiger partial charge in [0.15, 0.2) is 0 Å². The highest BCUT2D eigenvalue weighted by molar-refractivity contribution is 5.34. The summed E-state index contributed by atoms with van der Waals surface area (Å²) in [6.07, 6.45) is 5.09. The summed E-state index contributed by atoms with van der Waals surface area (Å²) in [7, 11) is 0. The molecule has 4 nitrogen and oxygen atoms in total. The third-order valence-electron chi connectivity index (χ3n) is 3.69. The zero-order chi connectivity index (χ0) is 13.2. The Morgan fingerprint density at radius 1 is 1.50 bits per heavy atom. The summed E-state index contributed by atoms with van der Waals surface area (Å²) in [6, 6.07) is 1.55. The number of nitrogens with zero attached hydrogens (tertiary/aromatic N) is 1. The van der Waals surface area contributed by atoms with E-state index in [1.165, 1.54) is 25.7 Å². The number of hydrogen-bond donors (Lipinski definition) is 2. The lowest BCUT2D eigenvalue weighted by Gasteiger charge is -2.15. The van der Waals surface area contributed by atoms with Crippen molar-refractivity contribution in [2.75, 3.05) is 11.9 Å². The van der Waals surface area contributed by atoms with E-state index in [2.05, 4.69) is 22.2 Å². The van der Waals surface area contributed by atoms with Gasteiger partial charge in [-0.15, -0.1) is 0 Å². The molecule has 0 aliphatic heterocycles. The predicted octanol–water partition coefficient (Wildman–Crippen LogP) is 2.89. The molecule has 1 fully saturated rings. The van der Waals surface area contributed by atoms with Crippen molar-refractivity contribution < 1.29 is 0 Å². The number of aromatic amines is 1. The fourth-order valence-electron chi connectivity index (χ4n) is 2.34. The Hall–Kier alpha value is -1.32. The third-order valence-corrected chi connectivity index (χ3v) is 3.69. The molecule has 0 atom stereocenters. The third kappa shape index (κ3) is 3.12. The molecule has 18 heavy (non-hydrogen) atoms. The fourth-order valence-corrected chi connectivity index (χ4v) is 2.34. The molecule has 0 amide bonds. The summed E-state index contributed by atoms with van der Waals surface area (Å²) in [6.45, 7) is 7.22. The van der Waals surface area contributed by atoms with Gasteiger partial charge < -0.3 is 10.3 Å². The van der Waals surface area contributed by atoms with Gasteiger partial charge in [-0.05, 0) is 24.7 Å². The van der Waals surface area contributed by atoms with Crippen molar-refractivity contribution in [2.45, 2.75) is 52.4 Å². The van der Waals surface area contributed by atoms with Crippen LogP contribution in [0.2, 0.25) is 0 Å². The molecular formula is C14H23N3O. The Morgan fingerprint density at radius 2 is 2.22 bits per heavy atom. The van der Waals surface area contributed by atoms with Crippen LogP contribution in [0, 0.1) is 5.41 Å². The molecule has 1 aromatic rings. The van der Waals surface area contributed by atoms with E-state index in [1.807, 2.05) is 13.8 Å². The normalized spacial score (nSPS) is 16.9. The highest BCUT2D eigenvalue weighted by Crippen LogP contribution is 2.49. The second-order valence-corrected chi connectivity index (χ2v) is 5.77. The van der Waals surface area contributed by atoms with Gasteiger partial charge in [0.1, 0.15) is 11.6 Å². The van der Waals surface area contributed by atoms with Crippen molar-refractivity contribution in [3.8, 4) is 0 Å². The van der Waals surface area contributed by atoms with Gasteiger partial charge in [0.2, 0.25) is 0 Å². The summed E-state index contributed by atoms with van der Waals surface area (Å²) in [5.41, 5.74) is 0.397. The standard InChI is InChI=1S/C14H23N3O/c1-4-5-14(6-7-14)9-15-11-8-12(18)17-13(16-11)10(2)3/h8,10H,4-7,9H2,1-3H3,(H2,15,16,17,18). The van der Waals surface area contributed by atoms with Crippen molar-refractivity contribution in [2.24, 2.45) is 5.41 Å². The Kier molecular flexibility index (Phi) is 3.73. The van der Waals surface area contributed by atoms with Gasteiger partial charge in [-0.1, -0.05) is 27.2 Å². The van der Waals surface area contributed by atoms with Crippen LogP contribution < -0.4 is 10.9 Å². The zero-order valence-corrected chi connectivity index (χ0v) is 11.5. The van der Waals surface area contributed by atoms with Crippen molar-refractivity contribution >= 4 is 5.82 Å². The molecule has 2 N–H and O–H groups in total. The van der Waals surface area contributed by atoms with Crippen LogP contribution in [0.25, 0.3) is 0 Å². The highest BCUT2D eigenvalue weighted by Gasteiger charge is 2.41. The molecule has 0 aromatic carbocycles. The molecule has 0 saturated heterocycles. The summed E-state index contributed by atoms with van der Waals surface area (Å²) < 4.78 is 0. The van der Waals surface area contributed by atoms with Crippen molar-refractivity contribution in [3.05, 3.63) is 22.2 Å². The number of nitrogens with one attached hydrogen (secondary N) is 2. The summed E-state index contributed by atoms with van der Waals surface area (Å²) in [4.78, 5) is 18.8. The van der Waals surface area contributed by atoms with Gasteiger partial charge >= 0.3 is 0 Å². The molecule has 0 bridgehead atoms. The van der Waals surface area contributed by atoms with Crippen LogP contribution in [0.3, 0.4) is 0 Å². The summed E-state index contributed by atoms with van der Waals surface area (Å²) in [5, 5.41) is 3.34. The van der Waals surface area contributed by atoms with Crippen molar-refractivity contribution in [1.82, 2.24) is 9.97 Å². The lowest BCUT2D eigenvalue weighted by molar-refractivity contribution is 0.485. The van der Waals surface area contributed by atoms with Gasteiger partial charge in [0.25, 0.3) is 5.56 Å². The number of aromatic nitrogens is 2. The lowest BCUT2D eigenvalue weighted by atomic mass is 10.0. The highest BCUT2D eigenvalue weighted by atomic mass is 16.1. The predicted molar refractivity (Wildman–Crippen MR) is 74.0 cm³/mol. The Labute approximate surface area is 108 Å². The second kappa shape index (κ2) is 5.12. The van der Waals surface area contributed by atoms with Crippen LogP contribution in [0.4, 0.5) is 5.82 Å². The number of hydrogen-bond acceptors (Lipinski definition) is 3. The number of rotatable bonds is 6. The van der Waals surface area contributed by atoms with Gasteiger partial charge in [0, 0.05) is 18.5 Å². The molecule has 1 aliphatic rings. The molecule has 1 aliphatic carbocycles. The van der Waals surface area contributed by atoms with E-state index in [9.17, 15) is 4.79 Å². The maximum absolute atomic E-state index is 11.5. The molecule has 100 valence electrons. The minimum absolute atomic E-state index is 0.0726.